The summed E-state index contributed by atoms with van der Waals surface area (Å²) in [4.78, 5) is 26.4. The number of aliphatic hydroxyl groups is 1. The average molecular weight is 450 g/mol. The van der Waals surface area contributed by atoms with Gasteiger partial charge in [-0.05, 0) is 45.4 Å². The van der Waals surface area contributed by atoms with Gasteiger partial charge >= 0.3 is 6.09 Å². The van der Waals surface area contributed by atoms with E-state index in [1.807, 2.05) is 0 Å². The molecule has 1 heterocycles. The Balaban J connectivity index is 1.98. The van der Waals surface area contributed by atoms with Crippen molar-refractivity contribution in [3.8, 4) is 0 Å². The Bertz CT molecular complexity index is 828. The van der Waals surface area contributed by atoms with Crippen LogP contribution in [0.15, 0.2) is 24.0 Å². The standard InChI is InChI=1S/C25H36FNO5/c1-5-6-7-8-9-10-11-12-15-31-17-21(28)22-19-16-18(26)13-14-20(19)27(23(22)29)24(30)32-25(2,3)4/h13-14,16,28H,5-12,15,17H2,1-4H3. The molecule has 1 aliphatic rings. The minimum Gasteiger partial charge on any atom is -0.509 e. The van der Waals surface area contributed by atoms with Gasteiger partial charge in [0.1, 0.15) is 23.8 Å². The summed E-state index contributed by atoms with van der Waals surface area (Å²) in [6.45, 7) is 7.52. The molecule has 0 aromatic heterocycles. The first kappa shape index (κ1) is 25.8. The number of carbonyl (C=O) groups is 2. The number of ether oxygens (including phenoxy) is 2. The van der Waals surface area contributed by atoms with Crippen molar-refractivity contribution >= 4 is 23.3 Å². The molecule has 0 saturated heterocycles. The molecule has 1 aliphatic heterocycles. The third kappa shape index (κ3) is 7.33. The largest absolute Gasteiger partial charge is 0.509 e. The Morgan fingerprint density at radius 3 is 2.31 bits per heavy atom. The highest BCUT2D eigenvalue weighted by Crippen LogP contribution is 2.39. The molecule has 7 heteroatoms. The van der Waals surface area contributed by atoms with E-state index in [1.165, 1.54) is 38.2 Å². The second-order valence-corrected chi connectivity index (χ2v) is 9.13. The fraction of sp³-hybridized carbons (Fsp3) is 0.600. The fourth-order valence-corrected chi connectivity index (χ4v) is 3.59. The van der Waals surface area contributed by atoms with Crippen molar-refractivity contribution in [1.82, 2.24) is 0 Å². The topological polar surface area (TPSA) is 76.1 Å². The number of hydrogen-bond acceptors (Lipinski definition) is 5. The number of benzene rings is 1. The van der Waals surface area contributed by atoms with Crippen LogP contribution in [-0.2, 0) is 14.3 Å². The van der Waals surface area contributed by atoms with Crippen LogP contribution < -0.4 is 4.90 Å². The summed E-state index contributed by atoms with van der Waals surface area (Å²) in [5, 5.41) is 10.5. The first-order chi connectivity index (χ1) is 15.2. The molecule has 2 amide bonds. The van der Waals surface area contributed by atoms with E-state index in [0.717, 1.165) is 36.3 Å². The van der Waals surface area contributed by atoms with Gasteiger partial charge in [0.15, 0.2) is 0 Å². The van der Waals surface area contributed by atoms with E-state index in [-0.39, 0.29) is 29.2 Å². The maximum atomic E-state index is 13.9. The Hall–Kier alpha value is -2.41. The number of halogens is 1. The van der Waals surface area contributed by atoms with Crippen LogP contribution >= 0.6 is 0 Å². The molecule has 0 fully saturated rings. The smallest absolute Gasteiger partial charge is 0.422 e. The van der Waals surface area contributed by atoms with Crippen molar-refractivity contribution in [2.75, 3.05) is 18.1 Å². The lowest BCUT2D eigenvalue weighted by Gasteiger charge is -2.23. The van der Waals surface area contributed by atoms with Gasteiger partial charge in [-0.25, -0.2) is 14.1 Å². The van der Waals surface area contributed by atoms with Gasteiger partial charge in [0.05, 0.1) is 11.3 Å². The predicted molar refractivity (Wildman–Crippen MR) is 123 cm³/mol. The van der Waals surface area contributed by atoms with Crippen LogP contribution in [0.5, 0.6) is 0 Å². The molecule has 1 N–H and O–H groups in total. The molecule has 0 bridgehead atoms. The number of amides is 2. The normalized spacial score (nSPS) is 15.2. The number of nitrogens with zero attached hydrogens (tertiary/aromatic N) is 1. The second-order valence-electron chi connectivity index (χ2n) is 9.13. The second kappa shape index (κ2) is 12.0. The van der Waals surface area contributed by atoms with Crippen molar-refractivity contribution < 1.29 is 28.6 Å². The van der Waals surface area contributed by atoms with E-state index < -0.39 is 23.4 Å². The quantitative estimate of drug-likeness (QED) is 0.236. The highest BCUT2D eigenvalue weighted by atomic mass is 19.1. The molecule has 0 spiro atoms. The zero-order valence-corrected chi connectivity index (χ0v) is 19.7. The third-order valence-electron chi connectivity index (χ3n) is 5.13. The van der Waals surface area contributed by atoms with E-state index in [0.29, 0.717) is 6.61 Å². The van der Waals surface area contributed by atoms with Crippen LogP contribution in [0.3, 0.4) is 0 Å². The summed E-state index contributed by atoms with van der Waals surface area (Å²) >= 11 is 0. The molecule has 2 rings (SSSR count). The molecular weight excluding hydrogens is 413 g/mol. The van der Waals surface area contributed by atoms with E-state index in [4.69, 9.17) is 9.47 Å². The van der Waals surface area contributed by atoms with Crippen LogP contribution in [0, 0.1) is 5.82 Å². The lowest BCUT2D eigenvalue weighted by Crippen LogP contribution is -2.38. The average Bonchev–Trinajstić information content (AvgIpc) is 2.99. The van der Waals surface area contributed by atoms with Crippen molar-refractivity contribution in [3.05, 3.63) is 35.3 Å². The van der Waals surface area contributed by atoms with Crippen LogP contribution in [0.1, 0.15) is 84.6 Å². The Morgan fingerprint density at radius 1 is 1.06 bits per heavy atom. The van der Waals surface area contributed by atoms with Gasteiger partial charge < -0.3 is 14.6 Å². The maximum absolute atomic E-state index is 13.9. The first-order valence-corrected chi connectivity index (χ1v) is 11.5. The minimum atomic E-state index is -0.877. The van der Waals surface area contributed by atoms with Crippen molar-refractivity contribution in [2.45, 2.75) is 84.7 Å². The molecule has 0 saturated carbocycles. The van der Waals surface area contributed by atoms with Gasteiger partial charge in [-0.15, -0.1) is 0 Å². The highest BCUT2D eigenvalue weighted by Gasteiger charge is 2.41. The summed E-state index contributed by atoms with van der Waals surface area (Å²) in [7, 11) is 0. The number of rotatable bonds is 11. The molecular formula is C25H36FNO5. The maximum Gasteiger partial charge on any atom is 0.422 e. The van der Waals surface area contributed by atoms with Crippen LogP contribution in [-0.4, -0.2) is 35.9 Å². The summed E-state index contributed by atoms with van der Waals surface area (Å²) in [6, 6.07) is 3.61. The third-order valence-corrected chi connectivity index (χ3v) is 5.13. The minimum absolute atomic E-state index is 0.138. The molecule has 0 radical (unpaired) electrons. The van der Waals surface area contributed by atoms with E-state index in [2.05, 4.69) is 6.92 Å². The monoisotopic (exact) mass is 449 g/mol. The zero-order chi connectivity index (χ0) is 23.7. The van der Waals surface area contributed by atoms with Crippen LogP contribution in [0.25, 0.3) is 5.57 Å². The van der Waals surface area contributed by atoms with E-state index in [1.54, 1.807) is 20.8 Å². The summed E-state index contributed by atoms with van der Waals surface area (Å²) in [5.74, 6) is -1.66. The highest BCUT2D eigenvalue weighted by molar-refractivity contribution is 6.39. The molecule has 0 unspecified atom stereocenters. The van der Waals surface area contributed by atoms with Crippen molar-refractivity contribution in [3.63, 3.8) is 0 Å². The lowest BCUT2D eigenvalue weighted by molar-refractivity contribution is -0.113. The molecule has 1 aromatic carbocycles. The number of imide groups is 1. The number of anilines is 1. The zero-order valence-electron chi connectivity index (χ0n) is 19.7. The number of unbranched alkanes of at least 4 members (excludes halogenated alkanes) is 7. The number of hydrogen-bond donors (Lipinski definition) is 1. The first-order valence-electron chi connectivity index (χ1n) is 11.5. The van der Waals surface area contributed by atoms with Gasteiger partial charge in [-0.1, -0.05) is 51.9 Å². The van der Waals surface area contributed by atoms with Crippen LogP contribution in [0.2, 0.25) is 0 Å². The predicted octanol–water partition coefficient (Wildman–Crippen LogP) is 6.53. The fourth-order valence-electron chi connectivity index (χ4n) is 3.59. The van der Waals surface area contributed by atoms with Gasteiger partial charge in [-0.3, -0.25) is 4.79 Å². The summed E-state index contributed by atoms with van der Waals surface area (Å²) < 4.78 is 24.7. The molecule has 0 atom stereocenters. The van der Waals surface area contributed by atoms with Crippen molar-refractivity contribution in [2.24, 2.45) is 0 Å². The Kier molecular flexibility index (Phi) is 9.69. The molecule has 0 aliphatic carbocycles. The molecule has 6 nitrogen and oxygen atoms in total. The lowest BCUT2D eigenvalue weighted by atomic mass is 10.1. The summed E-state index contributed by atoms with van der Waals surface area (Å²) in [6.07, 6.45) is 8.46. The van der Waals surface area contributed by atoms with Crippen molar-refractivity contribution in [1.29, 1.82) is 0 Å². The molecule has 32 heavy (non-hydrogen) atoms. The van der Waals surface area contributed by atoms with Gasteiger partial charge in [0.2, 0.25) is 0 Å². The molecule has 1 aromatic rings. The van der Waals surface area contributed by atoms with Crippen LogP contribution in [0.4, 0.5) is 14.9 Å². The van der Waals surface area contributed by atoms with Gasteiger partial charge in [-0.2, -0.15) is 0 Å². The van der Waals surface area contributed by atoms with Gasteiger partial charge in [0.25, 0.3) is 5.91 Å². The SMILES string of the molecule is CCCCCCCCCCOCC(O)=C1C(=O)N(C(=O)OC(C)(C)C)c2ccc(F)cc21. The number of fused-ring (bicyclic) bond motifs is 1. The number of carbonyl (C=O) groups excluding carboxylic acids is 2. The Labute approximate surface area is 190 Å². The van der Waals surface area contributed by atoms with E-state index >= 15 is 0 Å². The molecule has 178 valence electrons. The number of aliphatic hydroxyl groups excluding tert-OH is 1. The summed E-state index contributed by atoms with van der Waals surface area (Å²) in [5.41, 5.74) is -0.629. The Morgan fingerprint density at radius 2 is 1.69 bits per heavy atom. The van der Waals surface area contributed by atoms with Gasteiger partial charge in [0, 0.05) is 12.2 Å². The van der Waals surface area contributed by atoms with E-state index in [9.17, 15) is 19.1 Å².